The van der Waals surface area contributed by atoms with Crippen LogP contribution in [0.3, 0.4) is 0 Å². The molecule has 0 atom stereocenters. The second kappa shape index (κ2) is 5.20. The van der Waals surface area contributed by atoms with Crippen LogP contribution in [0.15, 0.2) is 18.2 Å². The number of nitrogens with zero attached hydrogens (tertiary/aromatic N) is 2. The van der Waals surface area contributed by atoms with Crippen molar-refractivity contribution in [2.24, 2.45) is 7.05 Å². The summed E-state index contributed by atoms with van der Waals surface area (Å²) in [6.45, 7) is 0. The van der Waals surface area contributed by atoms with Gasteiger partial charge < -0.3 is 15.2 Å². The van der Waals surface area contributed by atoms with Crippen LogP contribution in [0.1, 0.15) is 10.4 Å². The molecular formula is C13H14FN3O3. The fourth-order valence-corrected chi connectivity index (χ4v) is 1.83. The summed E-state index contributed by atoms with van der Waals surface area (Å²) >= 11 is 0. The molecule has 0 aliphatic carbocycles. The van der Waals surface area contributed by atoms with Crippen LogP contribution in [0, 0.1) is 5.82 Å². The molecule has 0 aliphatic heterocycles. The van der Waals surface area contributed by atoms with E-state index >= 15 is 0 Å². The van der Waals surface area contributed by atoms with Gasteiger partial charge in [-0.1, -0.05) is 0 Å². The van der Waals surface area contributed by atoms with Crippen LogP contribution in [0.25, 0.3) is 11.3 Å². The molecule has 106 valence electrons. The lowest BCUT2D eigenvalue weighted by atomic mass is 10.1. The van der Waals surface area contributed by atoms with Gasteiger partial charge in [-0.3, -0.25) is 4.68 Å². The van der Waals surface area contributed by atoms with Crippen molar-refractivity contribution in [3.63, 3.8) is 0 Å². The van der Waals surface area contributed by atoms with Gasteiger partial charge in [0.15, 0.2) is 11.6 Å². The third-order valence-corrected chi connectivity index (χ3v) is 2.86. The summed E-state index contributed by atoms with van der Waals surface area (Å²) in [6.07, 6.45) is 0. The number of carbonyl (C=O) groups is 1. The van der Waals surface area contributed by atoms with Gasteiger partial charge in [-0.2, -0.15) is 5.10 Å². The van der Waals surface area contributed by atoms with Crippen LogP contribution in [-0.4, -0.2) is 30.0 Å². The van der Waals surface area contributed by atoms with E-state index in [4.69, 9.17) is 10.5 Å². The number of rotatable bonds is 3. The van der Waals surface area contributed by atoms with Crippen molar-refractivity contribution < 1.29 is 18.7 Å². The van der Waals surface area contributed by atoms with Crippen LogP contribution in [-0.2, 0) is 11.8 Å². The molecular weight excluding hydrogens is 265 g/mol. The fraction of sp³-hybridized carbons (Fsp3) is 0.231. The van der Waals surface area contributed by atoms with Gasteiger partial charge in [-0.25, -0.2) is 9.18 Å². The number of benzene rings is 1. The highest BCUT2D eigenvalue weighted by molar-refractivity contribution is 5.94. The number of aryl methyl sites for hydroxylation is 1. The predicted octanol–water partition coefficient (Wildman–Crippen LogP) is 1.60. The van der Waals surface area contributed by atoms with E-state index in [0.717, 1.165) is 0 Å². The van der Waals surface area contributed by atoms with E-state index in [9.17, 15) is 9.18 Å². The van der Waals surface area contributed by atoms with Gasteiger partial charge in [0.05, 0.1) is 19.9 Å². The highest BCUT2D eigenvalue weighted by Crippen LogP contribution is 2.30. The van der Waals surface area contributed by atoms with Crippen molar-refractivity contribution in [3.05, 3.63) is 29.6 Å². The molecule has 0 radical (unpaired) electrons. The maximum Gasteiger partial charge on any atom is 0.341 e. The minimum absolute atomic E-state index is 0.00535. The summed E-state index contributed by atoms with van der Waals surface area (Å²) < 4.78 is 25.0. The van der Waals surface area contributed by atoms with Crippen molar-refractivity contribution in [1.82, 2.24) is 9.78 Å². The summed E-state index contributed by atoms with van der Waals surface area (Å²) in [5, 5.41) is 4.14. The highest BCUT2D eigenvalue weighted by atomic mass is 19.1. The van der Waals surface area contributed by atoms with Gasteiger partial charge in [0, 0.05) is 18.7 Å². The summed E-state index contributed by atoms with van der Waals surface area (Å²) in [5.74, 6) is -1.10. The molecule has 0 spiro atoms. The molecule has 0 saturated heterocycles. The third-order valence-electron chi connectivity index (χ3n) is 2.86. The smallest absolute Gasteiger partial charge is 0.341 e. The molecule has 1 aromatic carbocycles. The molecule has 1 aromatic heterocycles. The van der Waals surface area contributed by atoms with Crippen LogP contribution in [0.4, 0.5) is 10.2 Å². The lowest BCUT2D eigenvalue weighted by molar-refractivity contribution is 0.0596. The molecule has 0 bridgehead atoms. The largest absolute Gasteiger partial charge is 0.493 e. The molecule has 0 unspecified atom stereocenters. The lowest BCUT2D eigenvalue weighted by Crippen LogP contribution is -2.06. The number of carbonyl (C=O) groups excluding carboxylic acids is 1. The molecule has 2 aromatic rings. The lowest BCUT2D eigenvalue weighted by Gasteiger charge is -2.09. The van der Waals surface area contributed by atoms with E-state index in [0.29, 0.717) is 17.1 Å². The first kappa shape index (κ1) is 13.9. The van der Waals surface area contributed by atoms with E-state index in [1.165, 1.54) is 31.0 Å². The van der Waals surface area contributed by atoms with Crippen molar-refractivity contribution in [2.45, 2.75) is 0 Å². The Kier molecular flexibility index (Phi) is 3.60. The van der Waals surface area contributed by atoms with E-state index in [1.807, 2.05) is 0 Å². The van der Waals surface area contributed by atoms with Crippen molar-refractivity contribution in [1.29, 1.82) is 0 Å². The van der Waals surface area contributed by atoms with E-state index in [-0.39, 0.29) is 11.3 Å². The molecule has 20 heavy (non-hydrogen) atoms. The van der Waals surface area contributed by atoms with E-state index in [1.54, 1.807) is 13.1 Å². The number of nitrogen functional groups attached to an aromatic ring is 1. The van der Waals surface area contributed by atoms with Crippen molar-refractivity contribution >= 4 is 11.8 Å². The van der Waals surface area contributed by atoms with Gasteiger partial charge in [0.25, 0.3) is 0 Å². The Bertz CT molecular complexity index is 648. The van der Waals surface area contributed by atoms with Crippen LogP contribution in [0.2, 0.25) is 0 Å². The number of hydrogen-bond acceptors (Lipinski definition) is 5. The quantitative estimate of drug-likeness (QED) is 0.863. The summed E-state index contributed by atoms with van der Waals surface area (Å²) in [6, 6.07) is 4.27. The number of nitrogens with two attached hydrogens (primary N) is 1. The summed E-state index contributed by atoms with van der Waals surface area (Å²) in [7, 11) is 4.16. The predicted molar refractivity (Wildman–Crippen MR) is 70.9 cm³/mol. The van der Waals surface area contributed by atoms with Gasteiger partial charge in [0.2, 0.25) is 0 Å². The van der Waals surface area contributed by atoms with E-state index < -0.39 is 11.8 Å². The zero-order chi connectivity index (χ0) is 14.9. The Hall–Kier alpha value is -2.57. The molecule has 0 amide bonds. The van der Waals surface area contributed by atoms with Crippen LogP contribution in [0.5, 0.6) is 5.75 Å². The Morgan fingerprint density at radius 3 is 2.55 bits per heavy atom. The monoisotopic (exact) mass is 279 g/mol. The Morgan fingerprint density at radius 2 is 2.05 bits per heavy atom. The first-order valence-electron chi connectivity index (χ1n) is 5.73. The molecule has 7 heteroatoms. The normalized spacial score (nSPS) is 10.4. The Morgan fingerprint density at radius 1 is 1.35 bits per heavy atom. The number of methoxy groups -OCH3 is 2. The van der Waals surface area contributed by atoms with Gasteiger partial charge in [-0.05, 0) is 12.1 Å². The first-order valence-corrected chi connectivity index (χ1v) is 5.73. The van der Waals surface area contributed by atoms with Crippen LogP contribution >= 0.6 is 0 Å². The molecule has 0 saturated carbocycles. The fourth-order valence-electron chi connectivity index (χ4n) is 1.83. The maximum atomic E-state index is 14.0. The molecule has 2 N–H and O–H groups in total. The molecule has 1 heterocycles. The SMILES string of the molecule is COC(=O)c1cc(-c2cc(N)n(C)n2)cc(F)c1OC. The second-order valence-corrected chi connectivity index (χ2v) is 4.11. The number of halogens is 1. The number of hydrogen-bond donors (Lipinski definition) is 1. The number of aromatic nitrogens is 2. The maximum absolute atomic E-state index is 14.0. The highest BCUT2D eigenvalue weighted by Gasteiger charge is 2.20. The summed E-state index contributed by atoms with van der Waals surface area (Å²) in [4.78, 5) is 11.7. The van der Waals surface area contributed by atoms with Gasteiger partial charge in [-0.15, -0.1) is 0 Å². The topological polar surface area (TPSA) is 79.4 Å². The number of esters is 1. The minimum Gasteiger partial charge on any atom is -0.493 e. The summed E-state index contributed by atoms with van der Waals surface area (Å²) in [5.41, 5.74) is 6.55. The number of ether oxygens (including phenoxy) is 2. The minimum atomic E-state index is -0.688. The average molecular weight is 279 g/mol. The van der Waals surface area contributed by atoms with Crippen molar-refractivity contribution in [2.75, 3.05) is 20.0 Å². The zero-order valence-electron chi connectivity index (χ0n) is 11.3. The van der Waals surface area contributed by atoms with Crippen molar-refractivity contribution in [3.8, 4) is 17.0 Å². The Balaban J connectivity index is 2.61. The van der Waals surface area contributed by atoms with Crippen LogP contribution < -0.4 is 10.5 Å². The number of anilines is 1. The van der Waals surface area contributed by atoms with Gasteiger partial charge >= 0.3 is 5.97 Å². The molecule has 2 rings (SSSR count). The standard InChI is InChI=1S/C13H14FN3O3/c1-17-11(15)6-10(16-17)7-4-8(13(18)20-3)12(19-2)9(14)5-7/h4-6H,15H2,1-3H3. The third kappa shape index (κ3) is 2.29. The van der Waals surface area contributed by atoms with Gasteiger partial charge in [0.1, 0.15) is 11.4 Å². The Labute approximate surface area is 114 Å². The molecule has 6 nitrogen and oxygen atoms in total. The zero-order valence-corrected chi connectivity index (χ0v) is 11.3. The molecule has 0 fully saturated rings. The first-order chi connectivity index (χ1) is 9.47. The average Bonchev–Trinajstić information content (AvgIpc) is 2.77. The van der Waals surface area contributed by atoms with E-state index in [2.05, 4.69) is 9.84 Å². The second-order valence-electron chi connectivity index (χ2n) is 4.11. The molecule has 0 aliphatic rings.